The lowest BCUT2D eigenvalue weighted by Gasteiger charge is -2.36. The number of ether oxygens (including phenoxy) is 2. The number of hydrogen-bond donors (Lipinski definition) is 2. The summed E-state index contributed by atoms with van der Waals surface area (Å²) < 4.78 is 11.8. The fourth-order valence-electron chi connectivity index (χ4n) is 5.63. The van der Waals surface area contributed by atoms with Crippen molar-refractivity contribution in [1.29, 1.82) is 0 Å². The average Bonchev–Trinajstić information content (AvgIpc) is 3.22. The van der Waals surface area contributed by atoms with Gasteiger partial charge in [-0.1, -0.05) is 37.3 Å². The summed E-state index contributed by atoms with van der Waals surface area (Å²) in [6, 6.07) is 12.4. The molecule has 32 heavy (non-hydrogen) atoms. The van der Waals surface area contributed by atoms with E-state index in [0.717, 1.165) is 5.75 Å². The van der Waals surface area contributed by atoms with E-state index in [4.69, 9.17) is 9.47 Å². The molecule has 0 aliphatic carbocycles. The molecule has 0 unspecified atom stereocenters. The van der Waals surface area contributed by atoms with Gasteiger partial charge in [0, 0.05) is 35.9 Å². The van der Waals surface area contributed by atoms with Gasteiger partial charge >= 0.3 is 0 Å². The number of aliphatic hydroxyl groups excluding tert-OH is 1. The number of nitrogens with one attached hydrogen (secondary N) is 1. The first kappa shape index (κ1) is 22.4. The Balaban J connectivity index is 1.82. The standard InChI is InChI=1S/C23H28N2O6Si/c1-14-21(32(3,4)17-8-6-16(30-2)7-9-17)20(11-12-26)31-23(14)18-13-15(25(28)29)5-10-19(18)24-22(23)27/h5-10,13-14,20-21,26H,11-12H2,1-4H3,(H,24,27)/t14-,20+,21-,23+/m0/s1. The van der Waals surface area contributed by atoms with E-state index in [-0.39, 0.29) is 35.8 Å². The van der Waals surface area contributed by atoms with Gasteiger partial charge in [0.15, 0.2) is 5.60 Å². The van der Waals surface area contributed by atoms with Gasteiger partial charge in [-0.3, -0.25) is 14.9 Å². The van der Waals surface area contributed by atoms with Crippen LogP contribution in [0.25, 0.3) is 0 Å². The highest BCUT2D eigenvalue weighted by molar-refractivity contribution is 6.91. The van der Waals surface area contributed by atoms with E-state index in [9.17, 15) is 20.0 Å². The van der Waals surface area contributed by atoms with Gasteiger partial charge < -0.3 is 19.9 Å². The molecule has 1 amide bonds. The predicted molar refractivity (Wildman–Crippen MR) is 123 cm³/mol. The summed E-state index contributed by atoms with van der Waals surface area (Å²) in [7, 11) is -0.605. The molecule has 2 heterocycles. The van der Waals surface area contributed by atoms with Crippen LogP contribution in [0, 0.1) is 16.0 Å². The molecule has 0 bridgehead atoms. The van der Waals surface area contributed by atoms with E-state index in [1.165, 1.54) is 17.3 Å². The first-order chi connectivity index (χ1) is 15.2. The Bertz CT molecular complexity index is 1060. The molecule has 9 heteroatoms. The maximum absolute atomic E-state index is 13.3. The third-order valence-electron chi connectivity index (χ3n) is 7.20. The summed E-state index contributed by atoms with van der Waals surface area (Å²) >= 11 is 0. The van der Waals surface area contributed by atoms with Crippen molar-refractivity contribution in [3.05, 3.63) is 58.1 Å². The molecule has 2 N–H and O–H groups in total. The van der Waals surface area contributed by atoms with Crippen LogP contribution in [0.4, 0.5) is 11.4 Å². The van der Waals surface area contributed by atoms with Crippen molar-refractivity contribution in [2.75, 3.05) is 19.0 Å². The second kappa shape index (κ2) is 7.98. The Hall–Kier alpha value is -2.75. The number of nitro groups is 1. The minimum absolute atomic E-state index is 0.000919. The lowest BCUT2D eigenvalue weighted by molar-refractivity contribution is -0.385. The Morgan fingerprint density at radius 2 is 1.94 bits per heavy atom. The summed E-state index contributed by atoms with van der Waals surface area (Å²) in [5, 5.41) is 25.2. The summed E-state index contributed by atoms with van der Waals surface area (Å²) in [6.07, 6.45) is 0.0377. The van der Waals surface area contributed by atoms with Crippen LogP contribution in [0.2, 0.25) is 18.6 Å². The Morgan fingerprint density at radius 1 is 1.25 bits per heavy atom. The van der Waals surface area contributed by atoms with Crippen molar-refractivity contribution in [3.63, 3.8) is 0 Å². The summed E-state index contributed by atoms with van der Waals surface area (Å²) in [6.45, 7) is 6.40. The minimum atomic E-state index is -2.23. The molecule has 2 aromatic carbocycles. The smallest absolute Gasteiger partial charge is 0.269 e. The van der Waals surface area contributed by atoms with Crippen LogP contribution < -0.4 is 15.2 Å². The van der Waals surface area contributed by atoms with Gasteiger partial charge in [-0.05, 0) is 30.2 Å². The molecule has 2 aliphatic rings. The zero-order valence-electron chi connectivity index (χ0n) is 18.6. The fraction of sp³-hybridized carbons (Fsp3) is 0.435. The second-order valence-electron chi connectivity index (χ2n) is 9.11. The molecule has 0 radical (unpaired) electrons. The lowest BCUT2D eigenvalue weighted by atomic mass is 9.82. The molecule has 1 spiro atoms. The number of non-ortho nitro benzene ring substituents is 1. The highest BCUT2D eigenvalue weighted by Crippen LogP contribution is 2.58. The molecule has 4 atom stereocenters. The van der Waals surface area contributed by atoms with Crippen molar-refractivity contribution in [1.82, 2.24) is 0 Å². The summed E-state index contributed by atoms with van der Waals surface area (Å²) in [4.78, 5) is 24.3. The van der Waals surface area contributed by atoms with E-state index < -0.39 is 18.6 Å². The maximum atomic E-state index is 13.3. The Labute approximate surface area is 187 Å². The van der Waals surface area contributed by atoms with Gasteiger partial charge in [0.1, 0.15) is 5.75 Å². The summed E-state index contributed by atoms with van der Waals surface area (Å²) in [5.74, 6) is 0.227. The Kier molecular flexibility index (Phi) is 5.60. The van der Waals surface area contributed by atoms with E-state index in [2.05, 4.69) is 30.5 Å². The number of fused-ring (bicyclic) bond motifs is 2. The first-order valence-electron chi connectivity index (χ1n) is 10.7. The molecule has 1 fully saturated rings. The topological polar surface area (TPSA) is 111 Å². The van der Waals surface area contributed by atoms with E-state index in [0.29, 0.717) is 17.7 Å². The molecular formula is C23H28N2O6Si. The van der Waals surface area contributed by atoms with Crippen LogP contribution in [0.5, 0.6) is 5.75 Å². The van der Waals surface area contributed by atoms with Gasteiger partial charge in [-0.25, -0.2) is 0 Å². The number of carbonyl (C=O) groups excluding carboxylic acids is 1. The zero-order chi connectivity index (χ0) is 23.3. The van der Waals surface area contributed by atoms with Crippen LogP contribution in [-0.4, -0.2) is 43.8 Å². The molecule has 2 aromatic rings. The predicted octanol–water partition coefficient (Wildman–Crippen LogP) is 3.15. The maximum Gasteiger partial charge on any atom is 0.269 e. The lowest BCUT2D eigenvalue weighted by Crippen LogP contribution is -2.51. The number of nitrogens with zero attached hydrogens (tertiary/aromatic N) is 1. The highest BCUT2D eigenvalue weighted by Gasteiger charge is 2.64. The van der Waals surface area contributed by atoms with Crippen molar-refractivity contribution in [2.24, 2.45) is 5.92 Å². The fourth-order valence-corrected chi connectivity index (χ4v) is 9.69. The molecule has 0 saturated carbocycles. The molecular weight excluding hydrogens is 428 g/mol. The molecule has 4 rings (SSSR count). The molecule has 0 aromatic heterocycles. The minimum Gasteiger partial charge on any atom is -0.497 e. The number of methoxy groups -OCH3 is 1. The summed E-state index contributed by atoms with van der Waals surface area (Å²) in [5.41, 5.74) is -0.347. The number of hydrogen-bond acceptors (Lipinski definition) is 6. The molecule has 2 aliphatic heterocycles. The average molecular weight is 457 g/mol. The van der Waals surface area contributed by atoms with Gasteiger partial charge in [0.05, 0.1) is 26.2 Å². The van der Waals surface area contributed by atoms with E-state index >= 15 is 0 Å². The first-order valence-corrected chi connectivity index (χ1v) is 13.8. The Morgan fingerprint density at radius 3 is 2.53 bits per heavy atom. The van der Waals surface area contributed by atoms with Gasteiger partial charge in [-0.15, -0.1) is 0 Å². The van der Waals surface area contributed by atoms with Crippen LogP contribution in [0.1, 0.15) is 18.9 Å². The van der Waals surface area contributed by atoms with Crippen LogP contribution in [0.3, 0.4) is 0 Å². The van der Waals surface area contributed by atoms with Gasteiger partial charge in [0.2, 0.25) is 0 Å². The van der Waals surface area contributed by atoms with Crippen LogP contribution in [-0.2, 0) is 15.1 Å². The number of anilines is 1. The second-order valence-corrected chi connectivity index (χ2v) is 13.8. The van der Waals surface area contributed by atoms with E-state index in [1.807, 2.05) is 19.1 Å². The largest absolute Gasteiger partial charge is 0.497 e. The van der Waals surface area contributed by atoms with Crippen molar-refractivity contribution >= 4 is 30.5 Å². The monoisotopic (exact) mass is 456 g/mol. The highest BCUT2D eigenvalue weighted by atomic mass is 28.3. The number of amides is 1. The van der Waals surface area contributed by atoms with Gasteiger partial charge in [0.25, 0.3) is 11.6 Å². The van der Waals surface area contributed by atoms with E-state index in [1.54, 1.807) is 13.2 Å². The number of rotatable bonds is 6. The van der Waals surface area contributed by atoms with Crippen LogP contribution >= 0.6 is 0 Å². The number of aliphatic hydroxyl groups is 1. The molecule has 170 valence electrons. The van der Waals surface area contributed by atoms with Crippen molar-refractivity contribution in [2.45, 2.75) is 43.7 Å². The normalized spacial score (nSPS) is 26.8. The molecule has 8 nitrogen and oxygen atoms in total. The van der Waals surface area contributed by atoms with Crippen molar-refractivity contribution in [3.8, 4) is 5.75 Å². The molecule has 1 saturated heterocycles. The third kappa shape index (κ3) is 3.23. The SMILES string of the molecule is COc1ccc([Si](C)(C)[C@@H]2[C@@H](CCO)O[C@]3(C(=O)Nc4ccc([N+](=O)[O-])cc43)[C@H]2C)cc1. The van der Waals surface area contributed by atoms with Gasteiger partial charge in [-0.2, -0.15) is 0 Å². The third-order valence-corrected chi connectivity index (χ3v) is 11.6. The number of nitro benzene ring substituents is 1. The number of benzene rings is 2. The van der Waals surface area contributed by atoms with Crippen LogP contribution in [0.15, 0.2) is 42.5 Å². The zero-order valence-corrected chi connectivity index (χ0v) is 19.6. The number of carbonyl (C=O) groups is 1. The van der Waals surface area contributed by atoms with Crippen molar-refractivity contribution < 1.29 is 24.3 Å². The quantitative estimate of drug-likeness (QED) is 0.392.